The van der Waals surface area contributed by atoms with Gasteiger partial charge in [0.05, 0.1) is 0 Å². The second-order valence-electron chi connectivity index (χ2n) is 6.09. The van der Waals surface area contributed by atoms with Gasteiger partial charge in [-0.1, -0.05) is 45.4 Å². The molecule has 0 amide bonds. The van der Waals surface area contributed by atoms with Crippen molar-refractivity contribution >= 4 is 0 Å². The molecule has 0 bridgehead atoms. The Morgan fingerprint density at radius 1 is 1.32 bits per heavy atom. The van der Waals surface area contributed by atoms with E-state index in [9.17, 15) is 0 Å². The average Bonchev–Trinajstić information content (AvgIpc) is 2.65. The van der Waals surface area contributed by atoms with E-state index in [1.807, 2.05) is 6.20 Å². The summed E-state index contributed by atoms with van der Waals surface area (Å²) in [7, 11) is 0. The highest BCUT2D eigenvalue weighted by atomic mass is 15.1. The molecule has 1 heterocycles. The van der Waals surface area contributed by atoms with Crippen molar-refractivity contribution < 1.29 is 0 Å². The lowest BCUT2D eigenvalue weighted by atomic mass is 9.91. The molecule has 1 atom stereocenters. The Bertz CT molecular complexity index is 351. The average molecular weight is 263 g/mol. The molecule has 1 aromatic rings. The van der Waals surface area contributed by atoms with Gasteiger partial charge in [-0.25, -0.2) is 4.98 Å². The summed E-state index contributed by atoms with van der Waals surface area (Å²) in [6.45, 7) is 3.26. The number of hydrogen-bond donors (Lipinski definition) is 1. The minimum Gasteiger partial charge on any atom is -0.335 e. The van der Waals surface area contributed by atoms with E-state index in [1.165, 1.54) is 50.8 Å². The summed E-state index contributed by atoms with van der Waals surface area (Å²) < 4.78 is 2.26. The highest BCUT2D eigenvalue weighted by Gasteiger charge is 2.17. The van der Waals surface area contributed by atoms with Gasteiger partial charge >= 0.3 is 0 Å². The largest absolute Gasteiger partial charge is 0.335 e. The molecule has 3 nitrogen and oxygen atoms in total. The molecule has 19 heavy (non-hydrogen) atoms. The zero-order valence-electron chi connectivity index (χ0n) is 12.4. The molecule has 1 unspecified atom stereocenters. The fraction of sp³-hybridized carbons (Fsp3) is 0.812. The fourth-order valence-electron chi connectivity index (χ4n) is 3.32. The van der Waals surface area contributed by atoms with Gasteiger partial charge < -0.3 is 10.3 Å². The van der Waals surface area contributed by atoms with Crippen LogP contribution in [0, 0.1) is 5.92 Å². The monoisotopic (exact) mass is 263 g/mol. The fourth-order valence-corrected chi connectivity index (χ4v) is 3.32. The van der Waals surface area contributed by atoms with Crippen LogP contribution in [0.1, 0.15) is 64.1 Å². The van der Waals surface area contributed by atoms with Crippen LogP contribution in [-0.4, -0.2) is 15.6 Å². The number of imidazole rings is 1. The second-order valence-corrected chi connectivity index (χ2v) is 6.09. The Hall–Kier alpha value is -0.830. The minimum absolute atomic E-state index is 0.279. The van der Waals surface area contributed by atoms with Crippen LogP contribution in [0.3, 0.4) is 0 Å². The molecule has 1 aromatic heterocycles. The van der Waals surface area contributed by atoms with Gasteiger partial charge in [-0.3, -0.25) is 0 Å². The lowest BCUT2D eigenvalue weighted by Crippen LogP contribution is -2.27. The zero-order valence-corrected chi connectivity index (χ0v) is 12.4. The molecule has 1 aliphatic rings. The first-order valence-electron chi connectivity index (χ1n) is 8.05. The van der Waals surface area contributed by atoms with E-state index < -0.39 is 0 Å². The van der Waals surface area contributed by atoms with Crippen molar-refractivity contribution in [3.63, 3.8) is 0 Å². The third kappa shape index (κ3) is 4.64. The van der Waals surface area contributed by atoms with Crippen LogP contribution >= 0.6 is 0 Å². The van der Waals surface area contributed by atoms with Crippen LogP contribution in [0.15, 0.2) is 12.4 Å². The molecule has 0 aromatic carbocycles. The molecule has 0 aliphatic heterocycles. The van der Waals surface area contributed by atoms with Gasteiger partial charge in [0.1, 0.15) is 5.82 Å². The quantitative estimate of drug-likeness (QED) is 0.798. The molecule has 1 fully saturated rings. The summed E-state index contributed by atoms with van der Waals surface area (Å²) in [6.07, 6.45) is 15.7. The van der Waals surface area contributed by atoms with E-state index in [2.05, 4.69) is 22.7 Å². The molecule has 2 rings (SSSR count). The molecule has 1 saturated carbocycles. The molecular weight excluding hydrogens is 234 g/mol. The Morgan fingerprint density at radius 3 is 2.74 bits per heavy atom. The summed E-state index contributed by atoms with van der Waals surface area (Å²) in [5, 5.41) is 0. The van der Waals surface area contributed by atoms with E-state index in [0.29, 0.717) is 0 Å². The Morgan fingerprint density at radius 2 is 2.05 bits per heavy atom. The van der Waals surface area contributed by atoms with Gasteiger partial charge in [-0.15, -0.1) is 0 Å². The summed E-state index contributed by atoms with van der Waals surface area (Å²) in [4.78, 5) is 4.47. The van der Waals surface area contributed by atoms with Crippen LogP contribution in [0.4, 0.5) is 0 Å². The number of nitrogens with two attached hydrogens (primary N) is 1. The highest BCUT2D eigenvalue weighted by Crippen LogP contribution is 2.26. The maximum Gasteiger partial charge on any atom is 0.110 e. The van der Waals surface area contributed by atoms with Crippen molar-refractivity contribution in [3.8, 4) is 0 Å². The van der Waals surface area contributed by atoms with Crippen LogP contribution in [0.25, 0.3) is 0 Å². The summed E-state index contributed by atoms with van der Waals surface area (Å²) in [5.74, 6) is 2.02. The molecule has 108 valence electrons. The van der Waals surface area contributed by atoms with Crippen LogP contribution < -0.4 is 5.73 Å². The second kappa shape index (κ2) is 7.68. The topological polar surface area (TPSA) is 43.8 Å². The van der Waals surface area contributed by atoms with Crippen molar-refractivity contribution in [2.75, 3.05) is 0 Å². The molecule has 2 N–H and O–H groups in total. The molecule has 0 radical (unpaired) electrons. The van der Waals surface area contributed by atoms with Gasteiger partial charge in [-0.2, -0.15) is 0 Å². The van der Waals surface area contributed by atoms with E-state index in [0.717, 1.165) is 25.3 Å². The first kappa shape index (κ1) is 14.6. The molecule has 1 aliphatic carbocycles. The normalized spacial score (nSPS) is 19.3. The number of hydrogen-bond acceptors (Lipinski definition) is 2. The number of aromatic nitrogens is 2. The lowest BCUT2D eigenvalue weighted by Gasteiger charge is -2.19. The third-order valence-corrected chi connectivity index (χ3v) is 4.32. The Kier molecular flexibility index (Phi) is 5.90. The Balaban J connectivity index is 1.82. The van der Waals surface area contributed by atoms with E-state index in [4.69, 9.17) is 5.73 Å². The van der Waals surface area contributed by atoms with Gasteiger partial charge in [0.25, 0.3) is 0 Å². The molecule has 0 saturated heterocycles. The van der Waals surface area contributed by atoms with Gasteiger partial charge in [0, 0.05) is 31.4 Å². The summed E-state index contributed by atoms with van der Waals surface area (Å²) >= 11 is 0. The van der Waals surface area contributed by atoms with Crippen LogP contribution in [-0.2, 0) is 13.0 Å². The smallest absolute Gasteiger partial charge is 0.110 e. The zero-order chi connectivity index (χ0) is 13.5. The number of nitrogens with zero attached hydrogens (tertiary/aromatic N) is 2. The molecular formula is C16H29N3. The van der Waals surface area contributed by atoms with Gasteiger partial charge in [-0.05, 0) is 18.8 Å². The van der Waals surface area contributed by atoms with Crippen LogP contribution in [0.5, 0.6) is 0 Å². The predicted molar refractivity (Wildman–Crippen MR) is 80.0 cm³/mol. The van der Waals surface area contributed by atoms with Crippen molar-refractivity contribution in [1.29, 1.82) is 0 Å². The first-order valence-corrected chi connectivity index (χ1v) is 8.05. The van der Waals surface area contributed by atoms with Crippen molar-refractivity contribution in [3.05, 3.63) is 18.2 Å². The predicted octanol–water partition coefficient (Wildman–Crippen LogP) is 3.52. The first-order chi connectivity index (χ1) is 9.29. The van der Waals surface area contributed by atoms with E-state index in [1.54, 1.807) is 0 Å². The minimum atomic E-state index is 0.279. The summed E-state index contributed by atoms with van der Waals surface area (Å²) in [6, 6.07) is 0.279. The number of aryl methyl sites for hydroxylation is 1. The van der Waals surface area contributed by atoms with Crippen molar-refractivity contribution in [1.82, 2.24) is 9.55 Å². The number of rotatable bonds is 6. The standard InChI is InChI=1S/C16H29N3/c1-2-10-19-11-9-18-16(19)13-15(17)12-14-7-5-3-4-6-8-14/h9,11,14-15H,2-8,10,12-13,17H2,1H3. The van der Waals surface area contributed by atoms with Crippen molar-refractivity contribution in [2.24, 2.45) is 11.7 Å². The maximum atomic E-state index is 6.36. The molecule has 0 spiro atoms. The summed E-state index contributed by atoms with van der Waals surface area (Å²) in [5.41, 5.74) is 6.36. The maximum absolute atomic E-state index is 6.36. The SMILES string of the molecule is CCCn1ccnc1CC(N)CC1CCCCCC1. The molecule has 3 heteroatoms. The van der Waals surface area contributed by atoms with Crippen molar-refractivity contribution in [2.45, 2.75) is 77.3 Å². The van der Waals surface area contributed by atoms with Gasteiger partial charge in [0.15, 0.2) is 0 Å². The highest BCUT2D eigenvalue weighted by molar-refractivity contribution is 4.95. The third-order valence-electron chi connectivity index (χ3n) is 4.32. The Labute approximate surface area is 117 Å². The van der Waals surface area contributed by atoms with E-state index in [-0.39, 0.29) is 6.04 Å². The van der Waals surface area contributed by atoms with Gasteiger partial charge in [0.2, 0.25) is 0 Å². The van der Waals surface area contributed by atoms with E-state index >= 15 is 0 Å². The van der Waals surface area contributed by atoms with Crippen LogP contribution in [0.2, 0.25) is 0 Å². The lowest BCUT2D eigenvalue weighted by molar-refractivity contribution is 0.382.